The summed E-state index contributed by atoms with van der Waals surface area (Å²) in [5, 5.41) is 8.63. The van der Waals surface area contributed by atoms with Crippen LogP contribution in [0.15, 0.2) is 23.3 Å². The van der Waals surface area contributed by atoms with E-state index in [2.05, 4.69) is 25.9 Å². The first-order chi connectivity index (χ1) is 5.81. The smallest absolute Gasteiger partial charge is 0.167 e. The van der Waals surface area contributed by atoms with Crippen molar-refractivity contribution in [2.75, 3.05) is 0 Å². The van der Waals surface area contributed by atoms with Crippen LogP contribution in [-0.4, -0.2) is 14.4 Å². The van der Waals surface area contributed by atoms with Crippen LogP contribution in [0.3, 0.4) is 0 Å². The van der Waals surface area contributed by atoms with Gasteiger partial charge in [0, 0.05) is 6.20 Å². The van der Waals surface area contributed by atoms with Crippen molar-refractivity contribution in [3.8, 4) is 6.07 Å². The van der Waals surface area contributed by atoms with E-state index >= 15 is 0 Å². The van der Waals surface area contributed by atoms with Crippen molar-refractivity contribution in [1.29, 1.82) is 5.26 Å². The topological polar surface area (TPSA) is 54.0 Å². The Morgan fingerprint density at radius 1 is 1.50 bits per heavy atom. The summed E-state index contributed by atoms with van der Waals surface area (Å²) >= 11 is 3.22. The van der Waals surface area contributed by atoms with Gasteiger partial charge in [-0.1, -0.05) is 0 Å². The second kappa shape index (κ2) is 2.57. The number of hydrogen-bond acceptors (Lipinski definition) is 3. The van der Waals surface area contributed by atoms with Gasteiger partial charge in [-0.25, -0.2) is 9.97 Å². The van der Waals surface area contributed by atoms with Crippen LogP contribution in [0.25, 0.3) is 5.52 Å². The van der Waals surface area contributed by atoms with E-state index in [1.54, 1.807) is 23.1 Å². The zero-order valence-electron chi connectivity index (χ0n) is 5.90. The molecule has 0 aliphatic carbocycles. The molecule has 0 fully saturated rings. The number of halogens is 1. The molecule has 2 rings (SSSR count). The average Bonchev–Trinajstić information content (AvgIpc) is 2.46. The minimum absolute atomic E-state index is 0.398. The summed E-state index contributed by atoms with van der Waals surface area (Å²) in [6.07, 6.45) is 4.94. The van der Waals surface area contributed by atoms with E-state index in [1.807, 2.05) is 6.07 Å². The molecule has 0 saturated heterocycles. The van der Waals surface area contributed by atoms with Gasteiger partial charge in [0.15, 0.2) is 5.69 Å². The predicted octanol–water partition coefficient (Wildman–Crippen LogP) is 1.36. The van der Waals surface area contributed by atoms with Crippen molar-refractivity contribution in [1.82, 2.24) is 14.4 Å². The molecule has 2 heterocycles. The fraction of sp³-hybridized carbons (Fsp3) is 0. The summed E-state index contributed by atoms with van der Waals surface area (Å²) in [5.41, 5.74) is 1.12. The maximum atomic E-state index is 8.63. The number of aromatic nitrogens is 3. The molecule has 0 aromatic carbocycles. The molecule has 0 unspecified atom stereocenters. The number of hydrogen-bond donors (Lipinski definition) is 0. The fourth-order valence-corrected chi connectivity index (χ4v) is 1.28. The maximum Gasteiger partial charge on any atom is 0.167 e. The largest absolute Gasteiger partial charge is 0.301 e. The molecule has 4 nitrogen and oxygen atoms in total. The quantitative estimate of drug-likeness (QED) is 0.677. The summed E-state index contributed by atoms with van der Waals surface area (Å²) < 4.78 is 2.47. The molecule has 0 spiro atoms. The van der Waals surface area contributed by atoms with Gasteiger partial charge in [0.2, 0.25) is 0 Å². The van der Waals surface area contributed by atoms with Crippen LogP contribution in [0.4, 0.5) is 0 Å². The van der Waals surface area contributed by atoms with Crippen molar-refractivity contribution >= 4 is 21.4 Å². The monoisotopic (exact) mass is 222 g/mol. The molecule has 0 aliphatic heterocycles. The highest BCUT2D eigenvalue weighted by molar-refractivity contribution is 9.10. The maximum absolute atomic E-state index is 8.63. The lowest BCUT2D eigenvalue weighted by Crippen LogP contribution is -1.85. The van der Waals surface area contributed by atoms with E-state index in [1.165, 1.54) is 0 Å². The standard InChI is InChI=1S/C7H3BrN4/c8-7-3-12-4-11-5(1-9)6(12)2-10-7/h2-4H. The zero-order chi connectivity index (χ0) is 8.55. The van der Waals surface area contributed by atoms with Gasteiger partial charge < -0.3 is 4.40 Å². The molecule has 2 aromatic rings. The second-order valence-electron chi connectivity index (χ2n) is 2.21. The Balaban J connectivity index is 2.84. The van der Waals surface area contributed by atoms with Crippen LogP contribution in [0.2, 0.25) is 0 Å². The normalized spacial score (nSPS) is 10.0. The van der Waals surface area contributed by atoms with Gasteiger partial charge in [-0.05, 0) is 15.9 Å². The number of imidazole rings is 1. The van der Waals surface area contributed by atoms with E-state index in [0.29, 0.717) is 5.69 Å². The first kappa shape index (κ1) is 7.25. The first-order valence-electron chi connectivity index (χ1n) is 3.19. The SMILES string of the molecule is N#Cc1ncn2cc(Br)ncc12. The molecular formula is C7H3BrN4. The number of nitrogens with zero attached hydrogens (tertiary/aromatic N) is 4. The van der Waals surface area contributed by atoms with E-state index in [0.717, 1.165) is 10.1 Å². The highest BCUT2D eigenvalue weighted by atomic mass is 79.9. The van der Waals surface area contributed by atoms with Gasteiger partial charge >= 0.3 is 0 Å². The molecule has 0 aliphatic rings. The van der Waals surface area contributed by atoms with E-state index in [9.17, 15) is 0 Å². The van der Waals surface area contributed by atoms with Crippen molar-refractivity contribution in [3.63, 3.8) is 0 Å². The third-order valence-electron chi connectivity index (χ3n) is 1.49. The van der Waals surface area contributed by atoms with Gasteiger partial charge in [0.05, 0.1) is 6.20 Å². The lowest BCUT2D eigenvalue weighted by molar-refractivity contribution is 1.09. The van der Waals surface area contributed by atoms with Crippen LogP contribution in [0.1, 0.15) is 5.69 Å². The van der Waals surface area contributed by atoms with Crippen LogP contribution in [0.5, 0.6) is 0 Å². The summed E-state index contributed by atoms with van der Waals surface area (Å²) in [6.45, 7) is 0. The average molecular weight is 223 g/mol. The molecule has 2 aromatic heterocycles. The highest BCUT2D eigenvalue weighted by Crippen LogP contribution is 2.10. The zero-order valence-corrected chi connectivity index (χ0v) is 7.48. The molecule has 58 valence electrons. The summed E-state index contributed by atoms with van der Waals surface area (Å²) in [5.74, 6) is 0. The molecule has 0 radical (unpaired) electrons. The third-order valence-corrected chi connectivity index (χ3v) is 1.90. The molecule has 0 amide bonds. The summed E-state index contributed by atoms with van der Waals surface area (Å²) in [7, 11) is 0. The highest BCUT2D eigenvalue weighted by Gasteiger charge is 2.02. The Bertz CT molecular complexity index is 468. The Morgan fingerprint density at radius 3 is 3.08 bits per heavy atom. The van der Waals surface area contributed by atoms with Gasteiger partial charge in [-0.2, -0.15) is 5.26 Å². The second-order valence-corrected chi connectivity index (χ2v) is 3.02. The number of nitriles is 1. The first-order valence-corrected chi connectivity index (χ1v) is 3.99. The molecule has 0 saturated carbocycles. The van der Waals surface area contributed by atoms with Crippen LogP contribution in [0, 0.1) is 11.3 Å². The Morgan fingerprint density at radius 2 is 2.33 bits per heavy atom. The Labute approximate surface area is 76.6 Å². The number of rotatable bonds is 0. The molecule has 12 heavy (non-hydrogen) atoms. The molecule has 0 atom stereocenters. The molecular weight excluding hydrogens is 220 g/mol. The molecule has 0 N–H and O–H groups in total. The summed E-state index contributed by atoms with van der Waals surface area (Å²) in [4.78, 5) is 7.89. The van der Waals surface area contributed by atoms with Gasteiger partial charge in [0.25, 0.3) is 0 Å². The summed E-state index contributed by atoms with van der Waals surface area (Å²) in [6, 6.07) is 1.98. The van der Waals surface area contributed by atoms with E-state index in [4.69, 9.17) is 5.26 Å². The third kappa shape index (κ3) is 0.970. The van der Waals surface area contributed by atoms with Crippen molar-refractivity contribution in [3.05, 3.63) is 29.0 Å². The van der Waals surface area contributed by atoms with Crippen LogP contribution >= 0.6 is 15.9 Å². The minimum Gasteiger partial charge on any atom is -0.301 e. The minimum atomic E-state index is 0.398. The fourth-order valence-electron chi connectivity index (χ4n) is 0.958. The van der Waals surface area contributed by atoms with E-state index < -0.39 is 0 Å². The van der Waals surface area contributed by atoms with Gasteiger partial charge in [-0.15, -0.1) is 0 Å². The van der Waals surface area contributed by atoms with Crippen LogP contribution < -0.4 is 0 Å². The number of fused-ring (bicyclic) bond motifs is 1. The Hall–Kier alpha value is -1.41. The van der Waals surface area contributed by atoms with E-state index in [-0.39, 0.29) is 0 Å². The molecule has 5 heteroatoms. The van der Waals surface area contributed by atoms with Crippen LogP contribution in [-0.2, 0) is 0 Å². The molecule has 0 bridgehead atoms. The Kier molecular flexibility index (Phi) is 1.55. The lowest BCUT2D eigenvalue weighted by atomic mass is 10.4. The van der Waals surface area contributed by atoms with Gasteiger partial charge in [-0.3, -0.25) is 0 Å². The van der Waals surface area contributed by atoms with Crippen molar-refractivity contribution < 1.29 is 0 Å². The predicted molar refractivity (Wildman–Crippen MR) is 45.4 cm³/mol. The lowest BCUT2D eigenvalue weighted by Gasteiger charge is -1.92. The van der Waals surface area contributed by atoms with Crippen molar-refractivity contribution in [2.45, 2.75) is 0 Å². The van der Waals surface area contributed by atoms with Crippen molar-refractivity contribution in [2.24, 2.45) is 0 Å². The van der Waals surface area contributed by atoms with Gasteiger partial charge in [0.1, 0.15) is 22.5 Å².